The van der Waals surface area contributed by atoms with Crippen molar-refractivity contribution in [3.63, 3.8) is 0 Å². The number of methoxy groups -OCH3 is 1. The Morgan fingerprint density at radius 1 is 1.33 bits per heavy atom. The molecule has 0 aliphatic rings. The van der Waals surface area contributed by atoms with Gasteiger partial charge in [-0.1, -0.05) is 30.3 Å². The predicted octanol–water partition coefficient (Wildman–Crippen LogP) is 0.761. The number of ether oxygens (including phenoxy) is 2. The summed E-state index contributed by atoms with van der Waals surface area (Å²) in [4.78, 5) is 22.2. The van der Waals surface area contributed by atoms with Crippen LogP contribution in [-0.4, -0.2) is 25.3 Å². The summed E-state index contributed by atoms with van der Waals surface area (Å²) in [5, 5.41) is 2.33. The van der Waals surface area contributed by atoms with Crippen LogP contribution in [-0.2, 0) is 20.9 Å². The lowest BCUT2D eigenvalue weighted by Crippen LogP contribution is -2.43. The first-order valence-corrected chi connectivity index (χ1v) is 5.41. The quantitative estimate of drug-likeness (QED) is 0.596. The highest BCUT2D eigenvalue weighted by Crippen LogP contribution is 2.00. The van der Waals surface area contributed by atoms with Crippen molar-refractivity contribution in [2.75, 3.05) is 7.11 Å². The number of carbonyl (C=O) groups excluding carboxylic acids is 2. The zero-order valence-corrected chi connectivity index (χ0v) is 10.1. The molecule has 1 atom stereocenters. The molecule has 98 valence electrons. The number of hydrogen-bond acceptors (Lipinski definition) is 5. The first kappa shape index (κ1) is 14.0. The van der Waals surface area contributed by atoms with Gasteiger partial charge in [0.15, 0.2) is 0 Å². The van der Waals surface area contributed by atoms with Gasteiger partial charge in [-0.05, 0) is 5.56 Å². The van der Waals surface area contributed by atoms with Crippen LogP contribution < -0.4 is 11.1 Å². The summed E-state index contributed by atoms with van der Waals surface area (Å²) < 4.78 is 9.35. The minimum absolute atomic E-state index is 0.100. The van der Waals surface area contributed by atoms with Gasteiger partial charge in [-0.2, -0.15) is 0 Å². The number of nitrogens with two attached hydrogens (primary N) is 1. The Balaban J connectivity index is 2.27. The molecule has 0 aliphatic carbocycles. The molecule has 18 heavy (non-hydrogen) atoms. The lowest BCUT2D eigenvalue weighted by molar-refractivity contribution is -0.141. The number of hydrogen-bond donors (Lipinski definition) is 2. The van der Waals surface area contributed by atoms with Crippen molar-refractivity contribution in [1.29, 1.82) is 0 Å². The Kier molecular flexibility index (Phi) is 5.66. The van der Waals surface area contributed by atoms with Crippen molar-refractivity contribution in [3.05, 3.63) is 35.9 Å². The summed E-state index contributed by atoms with van der Waals surface area (Å²) in [7, 11) is 1.25. The fourth-order valence-corrected chi connectivity index (χ4v) is 1.23. The molecule has 1 rings (SSSR count). The number of alkyl carbamates (subject to hydrolysis) is 1. The number of amides is 1. The smallest absolute Gasteiger partial charge is 0.408 e. The third-order valence-electron chi connectivity index (χ3n) is 2.13. The molecule has 0 heterocycles. The number of nitrogens with one attached hydrogen (secondary N) is 1. The van der Waals surface area contributed by atoms with Gasteiger partial charge >= 0.3 is 12.1 Å². The topological polar surface area (TPSA) is 90.6 Å². The highest BCUT2D eigenvalue weighted by Gasteiger charge is 2.13. The van der Waals surface area contributed by atoms with Gasteiger partial charge < -0.3 is 20.5 Å². The average molecular weight is 252 g/mol. The molecule has 1 aromatic carbocycles. The normalized spacial score (nSPS) is 11.4. The van der Waals surface area contributed by atoms with Crippen molar-refractivity contribution >= 4 is 12.1 Å². The molecule has 0 unspecified atom stereocenters. The number of rotatable bonds is 5. The van der Waals surface area contributed by atoms with E-state index in [2.05, 4.69) is 10.1 Å². The van der Waals surface area contributed by atoms with Crippen LogP contribution in [0.5, 0.6) is 0 Å². The zero-order valence-electron chi connectivity index (χ0n) is 10.1. The molecule has 0 aromatic heterocycles. The lowest BCUT2D eigenvalue weighted by Gasteiger charge is -2.12. The first-order valence-electron chi connectivity index (χ1n) is 5.41. The monoisotopic (exact) mass is 252 g/mol. The van der Waals surface area contributed by atoms with Crippen molar-refractivity contribution < 1.29 is 19.1 Å². The van der Waals surface area contributed by atoms with Crippen molar-refractivity contribution in [2.24, 2.45) is 5.73 Å². The van der Waals surface area contributed by atoms with E-state index in [9.17, 15) is 9.59 Å². The van der Waals surface area contributed by atoms with Crippen LogP contribution in [0.2, 0.25) is 0 Å². The maximum absolute atomic E-state index is 11.3. The molecule has 6 heteroatoms. The van der Waals surface area contributed by atoms with E-state index < -0.39 is 18.2 Å². The van der Waals surface area contributed by atoms with Crippen LogP contribution in [0.25, 0.3) is 0 Å². The Morgan fingerprint density at radius 3 is 2.61 bits per heavy atom. The van der Waals surface area contributed by atoms with Crippen LogP contribution in [0.4, 0.5) is 4.79 Å². The summed E-state index contributed by atoms with van der Waals surface area (Å²) in [5.41, 5.74) is 6.38. The number of carbonyl (C=O) groups is 2. The van der Waals surface area contributed by atoms with Gasteiger partial charge in [0.2, 0.25) is 0 Å². The third-order valence-corrected chi connectivity index (χ3v) is 2.13. The van der Waals surface area contributed by atoms with E-state index in [4.69, 9.17) is 10.5 Å². The molecule has 0 spiro atoms. The fraction of sp³-hybridized carbons (Fsp3) is 0.333. The molecule has 0 saturated heterocycles. The Bertz CT molecular complexity index is 394. The van der Waals surface area contributed by atoms with E-state index in [1.807, 2.05) is 30.3 Å². The highest BCUT2D eigenvalue weighted by molar-refractivity contribution is 5.72. The second-order valence-corrected chi connectivity index (χ2v) is 3.59. The summed E-state index contributed by atoms with van der Waals surface area (Å²) in [6, 6.07) is 9.23. The van der Waals surface area contributed by atoms with E-state index in [1.165, 1.54) is 7.11 Å². The summed E-state index contributed by atoms with van der Waals surface area (Å²) in [6.45, 7) is 0.150. The lowest BCUT2D eigenvalue weighted by atomic mass is 10.2. The standard InChI is InChI=1S/C12H16N2O4/c1-17-11(15)7-10(13)14-12(16)18-8-9-5-3-2-4-6-9/h2-6,10H,7-8,13H2,1H3,(H,14,16)/t10-/m0/s1. The maximum Gasteiger partial charge on any atom is 0.408 e. The summed E-state index contributed by atoms with van der Waals surface area (Å²) in [6.07, 6.45) is -1.59. The highest BCUT2D eigenvalue weighted by atomic mass is 16.5. The summed E-state index contributed by atoms with van der Waals surface area (Å²) in [5.74, 6) is -0.495. The van der Waals surface area contributed by atoms with Gasteiger partial charge in [0.1, 0.15) is 6.61 Å². The SMILES string of the molecule is COC(=O)C[C@@H](N)NC(=O)OCc1ccccc1. The largest absolute Gasteiger partial charge is 0.469 e. The Hall–Kier alpha value is -2.08. The van der Waals surface area contributed by atoms with Crippen molar-refractivity contribution in [3.8, 4) is 0 Å². The van der Waals surface area contributed by atoms with Gasteiger partial charge in [0, 0.05) is 0 Å². The number of esters is 1. The van der Waals surface area contributed by atoms with Crippen LogP contribution in [0, 0.1) is 0 Å². The Labute approximate surface area is 105 Å². The average Bonchev–Trinajstić information content (AvgIpc) is 2.37. The fourth-order valence-electron chi connectivity index (χ4n) is 1.23. The molecule has 6 nitrogen and oxygen atoms in total. The van der Waals surface area contributed by atoms with Gasteiger partial charge in [-0.3, -0.25) is 4.79 Å². The van der Waals surface area contributed by atoms with E-state index in [-0.39, 0.29) is 13.0 Å². The molecule has 3 N–H and O–H groups in total. The molecule has 1 amide bonds. The minimum atomic E-state index is -0.819. The van der Waals surface area contributed by atoms with E-state index in [1.54, 1.807) is 0 Å². The Morgan fingerprint density at radius 2 is 2.00 bits per heavy atom. The van der Waals surface area contributed by atoms with E-state index in [0.717, 1.165) is 5.56 Å². The molecule has 0 fully saturated rings. The van der Waals surface area contributed by atoms with Crippen molar-refractivity contribution in [1.82, 2.24) is 5.32 Å². The summed E-state index contributed by atoms with van der Waals surface area (Å²) >= 11 is 0. The van der Waals surface area contributed by atoms with Crippen LogP contribution in [0.3, 0.4) is 0 Å². The minimum Gasteiger partial charge on any atom is -0.469 e. The van der Waals surface area contributed by atoms with E-state index in [0.29, 0.717) is 0 Å². The molecule has 0 aliphatic heterocycles. The van der Waals surface area contributed by atoms with Crippen molar-refractivity contribution in [2.45, 2.75) is 19.2 Å². The molecule has 0 bridgehead atoms. The zero-order chi connectivity index (χ0) is 13.4. The maximum atomic E-state index is 11.3. The molecule has 0 saturated carbocycles. The first-order chi connectivity index (χ1) is 8.61. The van der Waals surface area contributed by atoms with Gasteiger partial charge in [-0.25, -0.2) is 4.79 Å². The molecule has 0 radical (unpaired) electrons. The van der Waals surface area contributed by atoms with Gasteiger partial charge in [0.25, 0.3) is 0 Å². The van der Waals surface area contributed by atoms with Crippen LogP contribution in [0.1, 0.15) is 12.0 Å². The molecule has 1 aromatic rings. The molecular weight excluding hydrogens is 236 g/mol. The van der Waals surface area contributed by atoms with Gasteiger partial charge in [0.05, 0.1) is 19.7 Å². The van der Waals surface area contributed by atoms with Gasteiger partial charge in [-0.15, -0.1) is 0 Å². The molecular formula is C12H16N2O4. The third kappa shape index (κ3) is 5.31. The van der Waals surface area contributed by atoms with E-state index >= 15 is 0 Å². The second kappa shape index (κ2) is 7.29. The predicted molar refractivity (Wildman–Crippen MR) is 64.4 cm³/mol. The second-order valence-electron chi connectivity index (χ2n) is 3.59. The number of benzene rings is 1. The van der Waals surface area contributed by atoms with Crippen LogP contribution in [0.15, 0.2) is 30.3 Å². The van der Waals surface area contributed by atoms with Crippen LogP contribution >= 0.6 is 0 Å².